The predicted octanol–water partition coefficient (Wildman–Crippen LogP) is -1.82. The Kier molecular flexibility index (Phi) is 15.3. The molecular weight excluding hydrogens is 480 g/mol. The Hall–Kier alpha value is -2.87. The van der Waals surface area contributed by atoms with Crippen molar-refractivity contribution in [3.8, 4) is 0 Å². The van der Waals surface area contributed by atoms with Crippen molar-refractivity contribution >= 4 is 47.3 Å². The van der Waals surface area contributed by atoms with Crippen molar-refractivity contribution in [3.63, 3.8) is 0 Å². The lowest BCUT2D eigenvalue weighted by atomic mass is 9.96. The summed E-state index contributed by atoms with van der Waals surface area (Å²) in [5, 5.41) is 16.8. The summed E-state index contributed by atoms with van der Waals surface area (Å²) >= 11 is 1.41. The molecule has 0 saturated carbocycles. The summed E-state index contributed by atoms with van der Waals surface area (Å²) in [4.78, 5) is 72.1. The van der Waals surface area contributed by atoms with Crippen LogP contribution in [0, 0.1) is 5.92 Å². The molecule has 13 nitrogen and oxygen atoms in total. The first kappa shape index (κ1) is 32.1. The highest BCUT2D eigenvalue weighted by atomic mass is 32.2. The van der Waals surface area contributed by atoms with Crippen LogP contribution >= 0.6 is 11.8 Å². The molecule has 0 rings (SSSR count). The normalized spacial score (nSPS) is 15.1. The van der Waals surface area contributed by atoms with E-state index in [1.54, 1.807) is 20.1 Å². The standard InChI is InChI=1S/C21H38N6O7S/c1-4-11(2)17(27-18(30)12(22)5-7-15(23)28)20(32)25-13(6-8-16(24)29)19(31)26-14(21(33)34)9-10-35-3/h11-14,17H,4-10,22H2,1-3H3,(H2,23,28)(H2,24,29)(H,25,32)(H,26,31)(H,27,30)(H,33,34). The maximum Gasteiger partial charge on any atom is 0.326 e. The molecule has 200 valence electrons. The van der Waals surface area contributed by atoms with Gasteiger partial charge in [0.05, 0.1) is 6.04 Å². The van der Waals surface area contributed by atoms with Crippen LogP contribution in [0.4, 0.5) is 0 Å². The van der Waals surface area contributed by atoms with Crippen LogP contribution in [-0.2, 0) is 28.8 Å². The molecule has 10 N–H and O–H groups in total. The third-order valence-corrected chi connectivity index (χ3v) is 6.01. The van der Waals surface area contributed by atoms with Gasteiger partial charge in [0, 0.05) is 12.8 Å². The number of carbonyl (C=O) groups excluding carboxylic acids is 5. The average Bonchev–Trinajstić information content (AvgIpc) is 2.79. The van der Waals surface area contributed by atoms with E-state index >= 15 is 0 Å². The summed E-state index contributed by atoms with van der Waals surface area (Å²) < 4.78 is 0. The Morgan fingerprint density at radius 2 is 1.37 bits per heavy atom. The van der Waals surface area contributed by atoms with Crippen LogP contribution in [0.15, 0.2) is 0 Å². The first-order valence-electron chi connectivity index (χ1n) is 11.3. The second-order valence-corrected chi connectivity index (χ2v) is 9.22. The van der Waals surface area contributed by atoms with Crippen molar-refractivity contribution in [1.29, 1.82) is 0 Å². The van der Waals surface area contributed by atoms with Gasteiger partial charge in [-0.25, -0.2) is 4.79 Å². The van der Waals surface area contributed by atoms with Crippen LogP contribution in [0.3, 0.4) is 0 Å². The fourth-order valence-electron chi connectivity index (χ4n) is 2.97. The van der Waals surface area contributed by atoms with Gasteiger partial charge in [0.15, 0.2) is 0 Å². The number of nitrogens with two attached hydrogens (primary N) is 3. The summed E-state index contributed by atoms with van der Waals surface area (Å²) in [5.41, 5.74) is 16.0. The van der Waals surface area contributed by atoms with E-state index in [9.17, 15) is 33.9 Å². The molecule has 0 spiro atoms. The number of carboxylic acids is 1. The molecule has 0 saturated heterocycles. The Labute approximate surface area is 209 Å². The van der Waals surface area contributed by atoms with E-state index in [1.807, 2.05) is 0 Å². The van der Waals surface area contributed by atoms with E-state index in [-0.39, 0.29) is 38.0 Å². The van der Waals surface area contributed by atoms with Crippen LogP contribution in [-0.4, -0.2) is 76.8 Å². The average molecular weight is 519 g/mol. The fraction of sp³-hybridized carbons (Fsp3) is 0.714. The first-order valence-corrected chi connectivity index (χ1v) is 12.7. The number of primary amides is 2. The Morgan fingerprint density at radius 3 is 1.86 bits per heavy atom. The van der Waals surface area contributed by atoms with E-state index in [1.165, 1.54) is 11.8 Å². The quantitative estimate of drug-likeness (QED) is 0.108. The lowest BCUT2D eigenvalue weighted by molar-refractivity contribution is -0.142. The van der Waals surface area contributed by atoms with Gasteiger partial charge in [0.1, 0.15) is 18.1 Å². The topological polar surface area (TPSA) is 237 Å². The highest BCUT2D eigenvalue weighted by Crippen LogP contribution is 2.11. The number of hydrogen-bond donors (Lipinski definition) is 7. The van der Waals surface area contributed by atoms with E-state index < -0.39 is 59.7 Å². The molecule has 5 unspecified atom stereocenters. The molecule has 0 fully saturated rings. The van der Waals surface area contributed by atoms with E-state index in [2.05, 4.69) is 16.0 Å². The molecule has 14 heteroatoms. The van der Waals surface area contributed by atoms with Crippen molar-refractivity contribution in [3.05, 3.63) is 0 Å². The maximum absolute atomic E-state index is 13.1. The van der Waals surface area contributed by atoms with Gasteiger partial charge in [0.25, 0.3) is 0 Å². The largest absolute Gasteiger partial charge is 0.480 e. The van der Waals surface area contributed by atoms with Gasteiger partial charge in [-0.3, -0.25) is 24.0 Å². The fourth-order valence-corrected chi connectivity index (χ4v) is 3.44. The van der Waals surface area contributed by atoms with Crippen molar-refractivity contribution < 1.29 is 33.9 Å². The number of aliphatic carboxylic acids is 1. The minimum absolute atomic E-state index is 0.00766. The minimum atomic E-state index is -1.27. The molecule has 0 aliphatic carbocycles. The summed E-state index contributed by atoms with van der Waals surface area (Å²) in [6.07, 6.45) is 1.92. The van der Waals surface area contributed by atoms with Gasteiger partial charge in [-0.1, -0.05) is 20.3 Å². The summed E-state index contributed by atoms with van der Waals surface area (Å²) in [6.45, 7) is 3.51. The van der Waals surface area contributed by atoms with Crippen LogP contribution in [0.1, 0.15) is 52.4 Å². The van der Waals surface area contributed by atoms with Gasteiger partial charge < -0.3 is 38.3 Å². The first-order chi connectivity index (χ1) is 16.3. The number of amides is 5. The van der Waals surface area contributed by atoms with Crippen molar-refractivity contribution in [1.82, 2.24) is 16.0 Å². The molecular formula is C21H38N6O7S. The summed E-state index contributed by atoms with van der Waals surface area (Å²) in [5.74, 6) is -4.62. The van der Waals surface area contributed by atoms with Gasteiger partial charge in [0.2, 0.25) is 29.5 Å². The molecule has 0 aromatic rings. The number of rotatable bonds is 18. The second-order valence-electron chi connectivity index (χ2n) is 8.23. The lowest BCUT2D eigenvalue weighted by Gasteiger charge is -2.28. The lowest BCUT2D eigenvalue weighted by Crippen LogP contribution is -2.58. The van der Waals surface area contributed by atoms with Crippen molar-refractivity contribution in [2.45, 2.75) is 76.5 Å². The summed E-state index contributed by atoms with van der Waals surface area (Å²) in [7, 11) is 0. The third-order valence-electron chi connectivity index (χ3n) is 5.37. The zero-order valence-electron chi connectivity index (χ0n) is 20.4. The van der Waals surface area contributed by atoms with E-state index in [0.29, 0.717) is 12.2 Å². The zero-order valence-corrected chi connectivity index (χ0v) is 21.2. The monoisotopic (exact) mass is 518 g/mol. The van der Waals surface area contributed by atoms with Crippen LogP contribution in [0.2, 0.25) is 0 Å². The third kappa shape index (κ3) is 13.0. The second kappa shape index (κ2) is 16.7. The van der Waals surface area contributed by atoms with Gasteiger partial charge in [-0.05, 0) is 37.2 Å². The molecule has 0 aliphatic heterocycles. The number of carbonyl (C=O) groups is 6. The summed E-state index contributed by atoms with van der Waals surface area (Å²) in [6, 6.07) is -4.61. The maximum atomic E-state index is 13.1. The van der Waals surface area contributed by atoms with E-state index in [4.69, 9.17) is 17.2 Å². The van der Waals surface area contributed by atoms with Crippen molar-refractivity contribution in [2.75, 3.05) is 12.0 Å². The van der Waals surface area contributed by atoms with E-state index in [0.717, 1.165) is 0 Å². The highest BCUT2D eigenvalue weighted by molar-refractivity contribution is 7.98. The molecule has 35 heavy (non-hydrogen) atoms. The Balaban J connectivity index is 5.56. The number of carboxylic acid groups (broad SMARTS) is 1. The van der Waals surface area contributed by atoms with Crippen LogP contribution < -0.4 is 33.2 Å². The highest BCUT2D eigenvalue weighted by Gasteiger charge is 2.32. The molecule has 0 aromatic carbocycles. The van der Waals surface area contributed by atoms with Crippen LogP contribution in [0.5, 0.6) is 0 Å². The molecule has 0 heterocycles. The number of thioether (sulfide) groups is 1. The molecule has 0 radical (unpaired) electrons. The van der Waals surface area contributed by atoms with Crippen molar-refractivity contribution in [2.24, 2.45) is 23.1 Å². The molecule has 5 amide bonds. The predicted molar refractivity (Wildman–Crippen MR) is 131 cm³/mol. The molecule has 0 bridgehead atoms. The SMILES string of the molecule is CCC(C)C(NC(=O)C(N)CCC(N)=O)C(=O)NC(CCC(N)=O)C(=O)NC(CCSC)C(=O)O. The van der Waals surface area contributed by atoms with Gasteiger partial charge in [-0.2, -0.15) is 11.8 Å². The zero-order chi connectivity index (χ0) is 27.1. The van der Waals surface area contributed by atoms with Crippen LogP contribution in [0.25, 0.3) is 0 Å². The van der Waals surface area contributed by atoms with Gasteiger partial charge >= 0.3 is 5.97 Å². The number of hydrogen-bond acceptors (Lipinski definition) is 8. The molecule has 0 aliphatic rings. The number of nitrogens with one attached hydrogen (secondary N) is 3. The Morgan fingerprint density at radius 1 is 0.829 bits per heavy atom. The molecule has 0 aromatic heterocycles. The smallest absolute Gasteiger partial charge is 0.326 e. The molecule has 5 atom stereocenters. The Bertz CT molecular complexity index is 766. The van der Waals surface area contributed by atoms with Gasteiger partial charge in [-0.15, -0.1) is 0 Å². The minimum Gasteiger partial charge on any atom is -0.480 e.